The van der Waals surface area contributed by atoms with E-state index in [1.54, 1.807) is 14.2 Å². The van der Waals surface area contributed by atoms with E-state index in [9.17, 15) is 0 Å². The van der Waals surface area contributed by atoms with E-state index >= 15 is 0 Å². The van der Waals surface area contributed by atoms with Gasteiger partial charge in [-0.05, 0) is 29.8 Å². The predicted octanol–water partition coefficient (Wildman–Crippen LogP) is 2.81. The highest BCUT2D eigenvalue weighted by Gasteiger charge is 2.09. The van der Waals surface area contributed by atoms with E-state index in [-0.39, 0.29) is 6.10 Å². The number of nitrogens with two attached hydrogens (primary N) is 1. The van der Waals surface area contributed by atoms with Crippen LogP contribution in [0.3, 0.4) is 0 Å². The average Bonchev–Trinajstić information content (AvgIpc) is 2.57. The van der Waals surface area contributed by atoms with Crippen molar-refractivity contribution >= 4 is 11.6 Å². The molecule has 0 bridgehead atoms. The summed E-state index contributed by atoms with van der Waals surface area (Å²) in [7, 11) is 3.30. The number of nitrogens with zero attached hydrogens (tertiary/aromatic N) is 1. The van der Waals surface area contributed by atoms with E-state index in [0.717, 1.165) is 17.0 Å². The van der Waals surface area contributed by atoms with Crippen LogP contribution < -0.4 is 15.8 Å². The van der Waals surface area contributed by atoms with Crippen LogP contribution in [-0.4, -0.2) is 26.7 Å². The van der Waals surface area contributed by atoms with Crippen LogP contribution in [0, 0.1) is 0 Å². The number of anilines is 1. The molecule has 0 radical (unpaired) electrons. The number of guanidine groups is 1. The fraction of sp³-hybridized carbons (Fsp3) is 0.235. The molecule has 2 rings (SSSR count). The van der Waals surface area contributed by atoms with Crippen LogP contribution in [0.1, 0.15) is 11.7 Å². The van der Waals surface area contributed by atoms with Gasteiger partial charge in [0.15, 0.2) is 5.96 Å². The van der Waals surface area contributed by atoms with Gasteiger partial charge in [-0.25, -0.2) is 0 Å². The Balaban J connectivity index is 1.96. The molecule has 0 aromatic heterocycles. The minimum absolute atomic E-state index is 0.114. The average molecular weight is 299 g/mol. The summed E-state index contributed by atoms with van der Waals surface area (Å²) in [5, 5.41) is 3.04. The highest BCUT2D eigenvalue weighted by Crippen LogP contribution is 2.17. The summed E-state index contributed by atoms with van der Waals surface area (Å²) in [6.45, 7) is 0.454. The van der Waals surface area contributed by atoms with Gasteiger partial charge in [0.2, 0.25) is 0 Å². The van der Waals surface area contributed by atoms with Crippen LogP contribution in [0.2, 0.25) is 0 Å². The molecule has 0 spiro atoms. The molecular weight excluding hydrogens is 278 g/mol. The number of hydrogen-bond donors (Lipinski definition) is 2. The van der Waals surface area contributed by atoms with Gasteiger partial charge in [-0.2, -0.15) is 0 Å². The third kappa shape index (κ3) is 4.49. The first kappa shape index (κ1) is 15.9. The second-order valence-electron chi connectivity index (χ2n) is 4.71. The van der Waals surface area contributed by atoms with Gasteiger partial charge < -0.3 is 20.5 Å². The maximum absolute atomic E-state index is 5.91. The molecule has 2 aromatic rings. The van der Waals surface area contributed by atoms with Crippen LogP contribution in [0.5, 0.6) is 5.75 Å². The van der Waals surface area contributed by atoms with E-state index in [0.29, 0.717) is 12.5 Å². The summed E-state index contributed by atoms with van der Waals surface area (Å²) >= 11 is 0. The zero-order valence-electron chi connectivity index (χ0n) is 12.8. The van der Waals surface area contributed by atoms with Crippen molar-refractivity contribution in [1.82, 2.24) is 0 Å². The van der Waals surface area contributed by atoms with Crippen molar-refractivity contribution in [1.29, 1.82) is 0 Å². The molecule has 0 fully saturated rings. The number of nitrogens with one attached hydrogen (secondary N) is 1. The van der Waals surface area contributed by atoms with Crippen LogP contribution in [0.15, 0.2) is 59.6 Å². The summed E-state index contributed by atoms with van der Waals surface area (Å²) in [6, 6.07) is 17.4. The Morgan fingerprint density at radius 1 is 1.09 bits per heavy atom. The molecule has 1 unspecified atom stereocenters. The number of benzene rings is 2. The van der Waals surface area contributed by atoms with Crippen molar-refractivity contribution in [3.63, 3.8) is 0 Å². The zero-order chi connectivity index (χ0) is 15.8. The van der Waals surface area contributed by atoms with Gasteiger partial charge in [-0.1, -0.05) is 30.3 Å². The Bertz CT molecular complexity index is 597. The van der Waals surface area contributed by atoms with Crippen LogP contribution in [0.25, 0.3) is 0 Å². The second kappa shape index (κ2) is 8.05. The summed E-state index contributed by atoms with van der Waals surface area (Å²) in [5.41, 5.74) is 7.84. The Morgan fingerprint density at radius 2 is 1.77 bits per heavy atom. The molecule has 3 N–H and O–H groups in total. The molecule has 0 saturated heterocycles. The molecule has 0 saturated carbocycles. The lowest BCUT2D eigenvalue weighted by atomic mass is 10.1. The summed E-state index contributed by atoms with van der Waals surface area (Å²) < 4.78 is 10.6. The summed E-state index contributed by atoms with van der Waals surface area (Å²) in [6.07, 6.45) is -0.114. The number of methoxy groups -OCH3 is 2. The number of ether oxygens (including phenoxy) is 2. The molecule has 0 heterocycles. The topological polar surface area (TPSA) is 68.9 Å². The fourth-order valence-corrected chi connectivity index (χ4v) is 2.03. The Hall–Kier alpha value is -2.53. The van der Waals surface area contributed by atoms with Crippen molar-refractivity contribution in [3.8, 4) is 5.75 Å². The molecule has 0 aliphatic heterocycles. The lowest BCUT2D eigenvalue weighted by molar-refractivity contribution is 0.111. The SMILES string of the molecule is COc1ccc(NC(N)=NCC(OC)c2ccccc2)cc1. The maximum Gasteiger partial charge on any atom is 0.193 e. The molecule has 2 aromatic carbocycles. The van der Waals surface area contributed by atoms with Crippen molar-refractivity contribution in [2.75, 3.05) is 26.1 Å². The molecular formula is C17H21N3O2. The third-order valence-corrected chi connectivity index (χ3v) is 3.25. The van der Waals surface area contributed by atoms with Gasteiger partial charge in [0.05, 0.1) is 13.7 Å². The summed E-state index contributed by atoms with van der Waals surface area (Å²) in [5.74, 6) is 1.15. The van der Waals surface area contributed by atoms with Crippen LogP contribution in [-0.2, 0) is 4.74 Å². The first-order valence-electron chi connectivity index (χ1n) is 7.01. The lowest BCUT2D eigenvalue weighted by Gasteiger charge is -2.14. The van der Waals surface area contributed by atoms with Gasteiger partial charge in [-0.15, -0.1) is 0 Å². The van der Waals surface area contributed by atoms with Gasteiger partial charge in [0.25, 0.3) is 0 Å². The van der Waals surface area contributed by atoms with E-state index in [1.165, 1.54) is 0 Å². The molecule has 1 atom stereocenters. The first-order chi connectivity index (χ1) is 10.7. The predicted molar refractivity (Wildman–Crippen MR) is 89.3 cm³/mol. The quantitative estimate of drug-likeness (QED) is 0.635. The van der Waals surface area contributed by atoms with E-state index in [1.807, 2.05) is 54.6 Å². The highest BCUT2D eigenvalue weighted by molar-refractivity contribution is 5.92. The summed E-state index contributed by atoms with van der Waals surface area (Å²) in [4.78, 5) is 4.34. The van der Waals surface area contributed by atoms with Gasteiger partial charge in [0.1, 0.15) is 11.9 Å². The normalized spacial score (nSPS) is 12.7. The molecule has 5 heteroatoms. The third-order valence-electron chi connectivity index (χ3n) is 3.25. The minimum atomic E-state index is -0.114. The van der Waals surface area contributed by atoms with Crippen molar-refractivity contribution in [2.45, 2.75) is 6.10 Å². The maximum atomic E-state index is 5.91. The second-order valence-corrected chi connectivity index (χ2v) is 4.71. The van der Waals surface area contributed by atoms with Crippen LogP contribution in [0.4, 0.5) is 5.69 Å². The molecule has 0 aliphatic rings. The van der Waals surface area contributed by atoms with E-state index in [4.69, 9.17) is 15.2 Å². The van der Waals surface area contributed by atoms with Crippen molar-refractivity contribution in [3.05, 3.63) is 60.2 Å². The fourth-order valence-electron chi connectivity index (χ4n) is 2.03. The Kier molecular flexibility index (Phi) is 5.80. The monoisotopic (exact) mass is 299 g/mol. The largest absolute Gasteiger partial charge is 0.497 e. The minimum Gasteiger partial charge on any atom is -0.497 e. The number of aliphatic imine (C=N–C) groups is 1. The van der Waals surface area contributed by atoms with E-state index in [2.05, 4.69) is 10.3 Å². The molecule has 116 valence electrons. The van der Waals surface area contributed by atoms with Gasteiger partial charge >= 0.3 is 0 Å². The lowest BCUT2D eigenvalue weighted by Crippen LogP contribution is -2.23. The number of hydrogen-bond acceptors (Lipinski definition) is 3. The standard InChI is InChI=1S/C17H21N3O2/c1-21-15-10-8-14(9-11-15)20-17(18)19-12-16(22-2)13-6-4-3-5-7-13/h3-11,16H,12H2,1-2H3,(H3,18,19,20). The molecule has 22 heavy (non-hydrogen) atoms. The van der Waals surface area contributed by atoms with Gasteiger partial charge in [0, 0.05) is 12.8 Å². The van der Waals surface area contributed by atoms with Crippen LogP contribution >= 0.6 is 0 Å². The smallest absolute Gasteiger partial charge is 0.193 e. The Morgan fingerprint density at radius 3 is 2.36 bits per heavy atom. The Labute approximate surface area is 130 Å². The van der Waals surface area contributed by atoms with Crippen molar-refractivity contribution in [2.24, 2.45) is 10.7 Å². The zero-order valence-corrected chi connectivity index (χ0v) is 12.8. The number of rotatable bonds is 6. The highest BCUT2D eigenvalue weighted by atomic mass is 16.5. The van der Waals surface area contributed by atoms with Crippen molar-refractivity contribution < 1.29 is 9.47 Å². The molecule has 0 amide bonds. The molecule has 5 nitrogen and oxygen atoms in total. The first-order valence-corrected chi connectivity index (χ1v) is 7.01. The molecule has 0 aliphatic carbocycles. The van der Waals surface area contributed by atoms with Gasteiger partial charge in [-0.3, -0.25) is 4.99 Å². The van der Waals surface area contributed by atoms with E-state index < -0.39 is 0 Å².